The zero-order chi connectivity index (χ0) is 11.4. The van der Waals surface area contributed by atoms with Crippen LogP contribution in [0.4, 0.5) is 0 Å². The van der Waals surface area contributed by atoms with E-state index in [4.69, 9.17) is 9.52 Å². The van der Waals surface area contributed by atoms with Crippen molar-refractivity contribution in [3.63, 3.8) is 0 Å². The average Bonchev–Trinajstić information content (AvgIpc) is 2.94. The summed E-state index contributed by atoms with van der Waals surface area (Å²) in [6.45, 7) is 1.58. The number of carbonyl (C=O) groups is 1. The van der Waals surface area contributed by atoms with Crippen molar-refractivity contribution < 1.29 is 14.3 Å². The highest BCUT2D eigenvalue weighted by atomic mass is 16.4. The van der Waals surface area contributed by atoms with Gasteiger partial charge in [-0.3, -0.25) is 0 Å². The van der Waals surface area contributed by atoms with E-state index in [1.807, 2.05) is 0 Å². The summed E-state index contributed by atoms with van der Waals surface area (Å²) in [5.74, 6) is 0.719. The summed E-state index contributed by atoms with van der Waals surface area (Å²) in [5.41, 5.74) is 0.217. The highest BCUT2D eigenvalue weighted by Gasteiger charge is 2.19. The van der Waals surface area contributed by atoms with Gasteiger partial charge >= 0.3 is 5.97 Å². The quantitative estimate of drug-likeness (QED) is 0.696. The van der Waals surface area contributed by atoms with Gasteiger partial charge in [-0.05, 0) is 31.4 Å². The van der Waals surface area contributed by atoms with Crippen molar-refractivity contribution in [1.29, 1.82) is 0 Å². The number of carboxylic acid groups (broad SMARTS) is 1. The van der Waals surface area contributed by atoms with Crippen molar-refractivity contribution in [2.24, 2.45) is 5.92 Å². The molecule has 0 unspecified atom stereocenters. The summed E-state index contributed by atoms with van der Waals surface area (Å²) in [5, 5.41) is 11.9. The van der Waals surface area contributed by atoms with E-state index in [0.717, 1.165) is 12.5 Å². The van der Waals surface area contributed by atoms with Gasteiger partial charge in [0.05, 0.1) is 12.1 Å². The van der Waals surface area contributed by atoms with Gasteiger partial charge in [0.15, 0.2) is 0 Å². The van der Waals surface area contributed by atoms with E-state index in [0.29, 0.717) is 12.3 Å². The fraction of sp³-hybridized carbons (Fsp3) is 0.583. The van der Waals surface area contributed by atoms with Gasteiger partial charge in [-0.2, -0.15) is 0 Å². The van der Waals surface area contributed by atoms with Crippen LogP contribution in [-0.2, 0) is 6.54 Å². The molecule has 0 spiro atoms. The van der Waals surface area contributed by atoms with Crippen LogP contribution in [0, 0.1) is 5.92 Å². The van der Waals surface area contributed by atoms with Gasteiger partial charge in [0, 0.05) is 0 Å². The molecular formula is C12H17NO3. The molecule has 4 heteroatoms. The summed E-state index contributed by atoms with van der Waals surface area (Å²) >= 11 is 0. The second-order valence-electron chi connectivity index (χ2n) is 4.37. The number of carboxylic acids is 1. The molecule has 0 amide bonds. The predicted octanol–water partition coefficient (Wildman–Crippen LogP) is 2.26. The van der Waals surface area contributed by atoms with Gasteiger partial charge in [-0.1, -0.05) is 12.8 Å². The molecule has 0 saturated heterocycles. The Labute approximate surface area is 94.6 Å². The molecule has 0 atom stereocenters. The van der Waals surface area contributed by atoms with Crippen molar-refractivity contribution in [3.8, 4) is 0 Å². The normalized spacial score (nSPS) is 15.2. The average molecular weight is 223 g/mol. The second-order valence-corrected chi connectivity index (χ2v) is 4.37. The van der Waals surface area contributed by atoms with Crippen LogP contribution in [0.25, 0.3) is 0 Å². The number of hydrogen-bond acceptors (Lipinski definition) is 3. The third-order valence-corrected chi connectivity index (χ3v) is 2.86. The fourth-order valence-electron chi connectivity index (χ4n) is 1.72. The van der Waals surface area contributed by atoms with Crippen LogP contribution in [0.15, 0.2) is 16.7 Å². The van der Waals surface area contributed by atoms with E-state index >= 15 is 0 Å². The van der Waals surface area contributed by atoms with Crippen LogP contribution < -0.4 is 5.32 Å². The van der Waals surface area contributed by atoms with Gasteiger partial charge < -0.3 is 14.8 Å². The van der Waals surface area contributed by atoms with Crippen molar-refractivity contribution in [2.45, 2.75) is 32.2 Å². The minimum atomic E-state index is -0.941. The van der Waals surface area contributed by atoms with Gasteiger partial charge in [0.1, 0.15) is 12.0 Å². The van der Waals surface area contributed by atoms with E-state index in [-0.39, 0.29) is 5.56 Å². The van der Waals surface area contributed by atoms with E-state index in [1.165, 1.54) is 31.9 Å². The fourth-order valence-corrected chi connectivity index (χ4v) is 1.72. The van der Waals surface area contributed by atoms with Crippen LogP contribution in [0.2, 0.25) is 0 Å². The van der Waals surface area contributed by atoms with Crippen molar-refractivity contribution in [2.75, 3.05) is 6.54 Å². The number of rotatable bonds is 7. The molecule has 1 aromatic rings. The third-order valence-electron chi connectivity index (χ3n) is 2.86. The Morgan fingerprint density at radius 1 is 1.56 bits per heavy atom. The van der Waals surface area contributed by atoms with Gasteiger partial charge in [0.25, 0.3) is 0 Å². The molecule has 0 bridgehead atoms. The molecule has 4 nitrogen and oxygen atoms in total. The Kier molecular flexibility index (Phi) is 3.62. The maximum atomic E-state index is 10.6. The number of nitrogens with one attached hydrogen (secondary N) is 1. The summed E-state index contributed by atoms with van der Waals surface area (Å²) in [4.78, 5) is 10.6. The van der Waals surface area contributed by atoms with E-state index in [9.17, 15) is 4.79 Å². The Morgan fingerprint density at radius 2 is 2.38 bits per heavy atom. The smallest absolute Gasteiger partial charge is 0.338 e. The number of hydrogen-bond donors (Lipinski definition) is 2. The molecular weight excluding hydrogens is 206 g/mol. The SMILES string of the molecule is O=C(O)c1coc(CNCCCC2CC2)c1. The zero-order valence-electron chi connectivity index (χ0n) is 9.24. The molecule has 88 valence electrons. The number of aromatic carboxylic acids is 1. The van der Waals surface area contributed by atoms with Crippen LogP contribution >= 0.6 is 0 Å². The first-order valence-electron chi connectivity index (χ1n) is 5.77. The second kappa shape index (κ2) is 5.16. The van der Waals surface area contributed by atoms with Crippen molar-refractivity contribution in [1.82, 2.24) is 5.32 Å². The Hall–Kier alpha value is -1.29. The molecule has 0 aliphatic heterocycles. The number of furan rings is 1. The van der Waals surface area contributed by atoms with E-state index in [1.54, 1.807) is 6.07 Å². The monoisotopic (exact) mass is 223 g/mol. The molecule has 2 rings (SSSR count). The third kappa shape index (κ3) is 3.38. The molecule has 1 saturated carbocycles. The lowest BCUT2D eigenvalue weighted by atomic mass is 10.2. The molecule has 0 radical (unpaired) electrons. The first-order valence-corrected chi connectivity index (χ1v) is 5.77. The van der Waals surface area contributed by atoms with Gasteiger partial charge in [0.2, 0.25) is 0 Å². The summed E-state index contributed by atoms with van der Waals surface area (Å²) < 4.78 is 5.12. The van der Waals surface area contributed by atoms with Crippen LogP contribution in [0.5, 0.6) is 0 Å². The van der Waals surface area contributed by atoms with Crippen molar-refractivity contribution in [3.05, 3.63) is 23.7 Å². The van der Waals surface area contributed by atoms with E-state index in [2.05, 4.69) is 5.32 Å². The first-order chi connectivity index (χ1) is 7.75. The molecule has 0 aromatic carbocycles. The molecule has 1 aliphatic rings. The first kappa shape index (κ1) is 11.2. The molecule has 1 fully saturated rings. The Bertz CT molecular complexity index is 355. The summed E-state index contributed by atoms with van der Waals surface area (Å²) in [7, 11) is 0. The van der Waals surface area contributed by atoms with Gasteiger partial charge in [-0.25, -0.2) is 4.79 Å². The lowest BCUT2D eigenvalue weighted by Crippen LogP contribution is -2.14. The molecule has 1 heterocycles. The maximum Gasteiger partial charge on any atom is 0.338 e. The van der Waals surface area contributed by atoms with Crippen LogP contribution in [0.3, 0.4) is 0 Å². The minimum Gasteiger partial charge on any atom is -0.478 e. The standard InChI is InChI=1S/C12H17NO3/c14-12(15)10-6-11(16-8-10)7-13-5-1-2-9-3-4-9/h6,8-9,13H,1-5,7H2,(H,14,15). The van der Waals surface area contributed by atoms with Crippen LogP contribution in [0.1, 0.15) is 41.8 Å². The lowest BCUT2D eigenvalue weighted by molar-refractivity contribution is 0.0696. The molecule has 16 heavy (non-hydrogen) atoms. The molecule has 1 aromatic heterocycles. The lowest BCUT2D eigenvalue weighted by Gasteiger charge is -2.01. The summed E-state index contributed by atoms with van der Waals surface area (Å²) in [6, 6.07) is 1.57. The predicted molar refractivity (Wildman–Crippen MR) is 59.3 cm³/mol. The Balaban J connectivity index is 1.62. The highest BCUT2D eigenvalue weighted by molar-refractivity contribution is 5.87. The van der Waals surface area contributed by atoms with Crippen LogP contribution in [-0.4, -0.2) is 17.6 Å². The van der Waals surface area contributed by atoms with E-state index < -0.39 is 5.97 Å². The maximum absolute atomic E-state index is 10.6. The molecule has 1 aliphatic carbocycles. The van der Waals surface area contributed by atoms with Crippen molar-refractivity contribution >= 4 is 5.97 Å². The highest BCUT2D eigenvalue weighted by Crippen LogP contribution is 2.33. The minimum absolute atomic E-state index is 0.217. The zero-order valence-corrected chi connectivity index (χ0v) is 9.24. The summed E-state index contributed by atoms with van der Waals surface area (Å²) in [6.07, 6.45) is 6.59. The molecule has 2 N–H and O–H groups in total. The Morgan fingerprint density at radius 3 is 3.00 bits per heavy atom. The van der Waals surface area contributed by atoms with Gasteiger partial charge in [-0.15, -0.1) is 0 Å². The topological polar surface area (TPSA) is 62.5 Å². The largest absolute Gasteiger partial charge is 0.478 e.